The molecule has 0 aliphatic heterocycles. The van der Waals surface area contributed by atoms with Gasteiger partial charge in [-0.2, -0.15) is 5.10 Å². The molecule has 0 aliphatic carbocycles. The number of carbonyl (C=O) groups is 1. The van der Waals surface area contributed by atoms with Gasteiger partial charge in [0.15, 0.2) is 11.5 Å². The van der Waals surface area contributed by atoms with Crippen LogP contribution in [-0.4, -0.2) is 30.6 Å². The Morgan fingerprint density at radius 2 is 1.78 bits per heavy atom. The number of benzene rings is 1. The number of aryl methyl sites for hydroxylation is 3. The second-order valence-electron chi connectivity index (χ2n) is 6.33. The van der Waals surface area contributed by atoms with Crippen molar-refractivity contribution in [3.63, 3.8) is 0 Å². The zero-order chi connectivity index (χ0) is 19.0. The summed E-state index contributed by atoms with van der Waals surface area (Å²) in [6.45, 7) is 3.73. The number of aromatic nitrogens is 5. The number of nitrogens with zero attached hydrogens (tertiary/aromatic N) is 5. The van der Waals surface area contributed by atoms with E-state index in [0.29, 0.717) is 22.7 Å². The second kappa shape index (κ2) is 6.60. The molecule has 0 saturated carbocycles. The zero-order valence-corrected chi connectivity index (χ0v) is 15.3. The summed E-state index contributed by atoms with van der Waals surface area (Å²) in [5.41, 5.74) is 4.20. The van der Waals surface area contributed by atoms with E-state index in [2.05, 4.69) is 25.4 Å². The molecule has 4 aromatic rings. The minimum Gasteiger partial charge on any atom is -0.319 e. The molecule has 0 fully saturated rings. The predicted octanol–water partition coefficient (Wildman–Crippen LogP) is 3.29. The van der Waals surface area contributed by atoms with E-state index >= 15 is 0 Å². The Kier molecular flexibility index (Phi) is 4.12. The number of rotatable bonds is 3. The first-order chi connectivity index (χ1) is 13.0. The molecule has 3 heterocycles. The molecular formula is C20H18N6O. The van der Waals surface area contributed by atoms with Gasteiger partial charge in [-0.25, -0.2) is 15.0 Å². The Morgan fingerprint density at radius 1 is 1.07 bits per heavy atom. The molecule has 1 amide bonds. The van der Waals surface area contributed by atoms with Crippen molar-refractivity contribution in [3.05, 3.63) is 65.7 Å². The highest BCUT2D eigenvalue weighted by atomic mass is 16.1. The first-order valence-electron chi connectivity index (χ1n) is 8.52. The SMILES string of the molecule is Cc1cc(C(=O)Nc2cnc(-c3ccccc3)nc2)c2c(C)nn(C)c2n1. The number of amides is 1. The predicted molar refractivity (Wildman–Crippen MR) is 103 cm³/mol. The van der Waals surface area contributed by atoms with Gasteiger partial charge in [-0.15, -0.1) is 0 Å². The fourth-order valence-electron chi connectivity index (χ4n) is 3.08. The van der Waals surface area contributed by atoms with Crippen LogP contribution in [0.15, 0.2) is 48.8 Å². The molecule has 0 bridgehead atoms. The minimum atomic E-state index is -0.238. The molecule has 27 heavy (non-hydrogen) atoms. The summed E-state index contributed by atoms with van der Waals surface area (Å²) in [4.78, 5) is 26.0. The summed E-state index contributed by atoms with van der Waals surface area (Å²) in [7, 11) is 1.82. The molecule has 0 atom stereocenters. The molecular weight excluding hydrogens is 340 g/mol. The standard InChI is InChI=1S/C20H18N6O/c1-12-9-16(17-13(2)25-26(3)19(17)23-12)20(27)24-15-10-21-18(22-11-15)14-7-5-4-6-8-14/h4-11H,1-3H3,(H,24,27). The smallest absolute Gasteiger partial charge is 0.256 e. The van der Waals surface area contributed by atoms with Crippen LogP contribution in [0, 0.1) is 13.8 Å². The van der Waals surface area contributed by atoms with E-state index in [-0.39, 0.29) is 5.91 Å². The topological polar surface area (TPSA) is 85.6 Å². The van der Waals surface area contributed by atoms with Crippen LogP contribution in [0.2, 0.25) is 0 Å². The molecule has 7 nitrogen and oxygen atoms in total. The average molecular weight is 358 g/mol. The molecule has 1 N–H and O–H groups in total. The lowest BCUT2D eigenvalue weighted by molar-refractivity contribution is 0.102. The van der Waals surface area contributed by atoms with E-state index in [1.165, 1.54) is 0 Å². The highest BCUT2D eigenvalue weighted by Crippen LogP contribution is 2.23. The van der Waals surface area contributed by atoms with E-state index in [4.69, 9.17) is 0 Å². The lowest BCUT2D eigenvalue weighted by atomic mass is 10.1. The number of hydrogen-bond acceptors (Lipinski definition) is 5. The van der Waals surface area contributed by atoms with E-state index in [1.807, 2.05) is 51.2 Å². The summed E-state index contributed by atoms with van der Waals surface area (Å²) in [6.07, 6.45) is 3.21. The van der Waals surface area contributed by atoms with Crippen LogP contribution in [0.1, 0.15) is 21.7 Å². The molecule has 0 radical (unpaired) electrons. The minimum absolute atomic E-state index is 0.238. The molecule has 0 aliphatic rings. The van der Waals surface area contributed by atoms with Crippen LogP contribution >= 0.6 is 0 Å². The Balaban J connectivity index is 1.64. The molecule has 1 aromatic carbocycles. The number of hydrogen-bond donors (Lipinski definition) is 1. The van der Waals surface area contributed by atoms with E-state index < -0.39 is 0 Å². The van der Waals surface area contributed by atoms with Crippen LogP contribution in [-0.2, 0) is 7.05 Å². The van der Waals surface area contributed by atoms with Gasteiger partial charge in [0.2, 0.25) is 0 Å². The summed E-state index contributed by atoms with van der Waals surface area (Å²) in [5, 5.41) is 7.99. The Labute approximate surface area is 156 Å². The highest BCUT2D eigenvalue weighted by molar-refractivity contribution is 6.12. The Bertz CT molecular complexity index is 1130. The average Bonchev–Trinajstić information content (AvgIpc) is 2.96. The molecule has 3 aromatic heterocycles. The Hall–Kier alpha value is -3.61. The van der Waals surface area contributed by atoms with Gasteiger partial charge in [0, 0.05) is 18.3 Å². The highest BCUT2D eigenvalue weighted by Gasteiger charge is 2.18. The first-order valence-corrected chi connectivity index (χ1v) is 8.52. The van der Waals surface area contributed by atoms with Crippen LogP contribution in [0.3, 0.4) is 0 Å². The van der Waals surface area contributed by atoms with Crippen molar-refractivity contribution in [3.8, 4) is 11.4 Å². The van der Waals surface area contributed by atoms with Gasteiger partial charge >= 0.3 is 0 Å². The van der Waals surface area contributed by atoms with Gasteiger partial charge in [-0.1, -0.05) is 30.3 Å². The van der Waals surface area contributed by atoms with Gasteiger partial charge < -0.3 is 5.32 Å². The number of anilines is 1. The molecule has 4 rings (SSSR count). The molecule has 0 saturated heterocycles. The van der Waals surface area contributed by atoms with Crippen LogP contribution < -0.4 is 5.32 Å². The number of carbonyl (C=O) groups excluding carboxylic acids is 1. The Morgan fingerprint density at radius 3 is 2.48 bits per heavy atom. The third kappa shape index (κ3) is 3.15. The van der Waals surface area contributed by atoms with Crippen molar-refractivity contribution in [2.24, 2.45) is 7.05 Å². The van der Waals surface area contributed by atoms with Gasteiger partial charge in [-0.05, 0) is 19.9 Å². The van der Waals surface area contributed by atoms with E-state index in [0.717, 1.165) is 22.3 Å². The van der Waals surface area contributed by atoms with Crippen molar-refractivity contribution in [1.82, 2.24) is 24.7 Å². The molecule has 134 valence electrons. The lowest BCUT2D eigenvalue weighted by Gasteiger charge is -2.08. The summed E-state index contributed by atoms with van der Waals surface area (Å²) in [5.74, 6) is 0.372. The normalized spacial score (nSPS) is 10.9. The van der Waals surface area contributed by atoms with Gasteiger partial charge in [-0.3, -0.25) is 9.48 Å². The summed E-state index contributed by atoms with van der Waals surface area (Å²) >= 11 is 0. The number of nitrogens with one attached hydrogen (secondary N) is 1. The van der Waals surface area contributed by atoms with Gasteiger partial charge in [0.05, 0.1) is 34.7 Å². The third-order valence-corrected chi connectivity index (χ3v) is 4.28. The monoisotopic (exact) mass is 358 g/mol. The van der Waals surface area contributed by atoms with Crippen molar-refractivity contribution in [1.29, 1.82) is 0 Å². The fraction of sp³-hybridized carbons (Fsp3) is 0.150. The maximum absolute atomic E-state index is 12.9. The molecule has 0 spiro atoms. The summed E-state index contributed by atoms with van der Waals surface area (Å²) < 4.78 is 1.69. The van der Waals surface area contributed by atoms with Gasteiger partial charge in [0.25, 0.3) is 5.91 Å². The second-order valence-corrected chi connectivity index (χ2v) is 6.33. The van der Waals surface area contributed by atoms with Crippen LogP contribution in [0.5, 0.6) is 0 Å². The lowest BCUT2D eigenvalue weighted by Crippen LogP contribution is -2.14. The number of fused-ring (bicyclic) bond motifs is 1. The van der Waals surface area contributed by atoms with Crippen molar-refractivity contribution in [2.75, 3.05) is 5.32 Å². The van der Waals surface area contributed by atoms with Crippen LogP contribution in [0.25, 0.3) is 22.4 Å². The summed E-state index contributed by atoms with van der Waals surface area (Å²) in [6, 6.07) is 11.5. The largest absolute Gasteiger partial charge is 0.319 e. The molecule has 7 heteroatoms. The first kappa shape index (κ1) is 16.8. The van der Waals surface area contributed by atoms with E-state index in [1.54, 1.807) is 23.1 Å². The van der Waals surface area contributed by atoms with Crippen molar-refractivity contribution >= 4 is 22.6 Å². The van der Waals surface area contributed by atoms with E-state index in [9.17, 15) is 4.79 Å². The maximum atomic E-state index is 12.9. The fourth-order valence-corrected chi connectivity index (χ4v) is 3.08. The zero-order valence-electron chi connectivity index (χ0n) is 15.3. The van der Waals surface area contributed by atoms with Crippen LogP contribution in [0.4, 0.5) is 5.69 Å². The van der Waals surface area contributed by atoms with Crippen molar-refractivity contribution < 1.29 is 4.79 Å². The van der Waals surface area contributed by atoms with Crippen molar-refractivity contribution in [2.45, 2.75) is 13.8 Å². The maximum Gasteiger partial charge on any atom is 0.256 e. The molecule has 0 unspecified atom stereocenters. The number of pyridine rings is 1. The third-order valence-electron chi connectivity index (χ3n) is 4.28. The van der Waals surface area contributed by atoms with Gasteiger partial charge in [0.1, 0.15) is 0 Å². The quantitative estimate of drug-likeness (QED) is 0.607.